The van der Waals surface area contributed by atoms with Gasteiger partial charge < -0.3 is 0 Å². The van der Waals surface area contributed by atoms with Gasteiger partial charge in [0.2, 0.25) is 0 Å². The van der Waals surface area contributed by atoms with Crippen LogP contribution in [-0.2, 0) is 13.1 Å². The fourth-order valence-electron chi connectivity index (χ4n) is 1.99. The maximum Gasteiger partial charge on any atom is 0.144 e. The summed E-state index contributed by atoms with van der Waals surface area (Å²) in [5.74, 6) is -1.06. The molecule has 0 bridgehead atoms. The normalized spacial score (nSPS) is 11.1. The highest BCUT2D eigenvalue weighted by atomic mass is 79.9. The molecule has 106 valence electrons. The van der Waals surface area contributed by atoms with Crippen LogP contribution in [0.1, 0.15) is 11.1 Å². The van der Waals surface area contributed by atoms with E-state index in [2.05, 4.69) is 31.9 Å². The van der Waals surface area contributed by atoms with Gasteiger partial charge in [0.25, 0.3) is 0 Å². The Labute approximate surface area is 133 Å². The second-order valence-electron chi connectivity index (χ2n) is 4.62. The van der Waals surface area contributed by atoms with Gasteiger partial charge in [0.1, 0.15) is 11.6 Å². The minimum Gasteiger partial charge on any atom is -0.298 e. The summed E-state index contributed by atoms with van der Waals surface area (Å²) in [4.78, 5) is 1.87. The second-order valence-corrected chi connectivity index (χ2v) is 6.39. The quantitative estimate of drug-likeness (QED) is 0.639. The smallest absolute Gasteiger partial charge is 0.144 e. The van der Waals surface area contributed by atoms with Gasteiger partial charge in [-0.05, 0) is 52.8 Å². The van der Waals surface area contributed by atoms with Gasteiger partial charge in [-0.2, -0.15) is 0 Å². The van der Waals surface area contributed by atoms with E-state index in [9.17, 15) is 8.78 Å². The average molecular weight is 405 g/mol. The van der Waals surface area contributed by atoms with Gasteiger partial charge in [0, 0.05) is 23.1 Å². The summed E-state index contributed by atoms with van der Waals surface area (Å²) in [5.41, 5.74) is 1.16. The zero-order valence-corrected chi connectivity index (χ0v) is 14.0. The second kappa shape index (κ2) is 6.78. The Kier molecular flexibility index (Phi) is 5.29. The third-order valence-corrected chi connectivity index (χ3v) is 4.01. The van der Waals surface area contributed by atoms with Crippen LogP contribution in [0.4, 0.5) is 8.78 Å². The number of halogens is 4. The number of hydrogen-bond acceptors (Lipinski definition) is 1. The van der Waals surface area contributed by atoms with E-state index in [1.165, 1.54) is 12.1 Å². The van der Waals surface area contributed by atoms with Crippen LogP contribution in [-0.4, -0.2) is 11.9 Å². The Bertz CT molecular complexity index is 617. The number of nitrogens with zero attached hydrogens (tertiary/aromatic N) is 1. The van der Waals surface area contributed by atoms with Crippen molar-refractivity contribution in [1.29, 1.82) is 0 Å². The summed E-state index contributed by atoms with van der Waals surface area (Å²) in [5, 5.41) is 0. The molecule has 0 unspecified atom stereocenters. The molecule has 0 saturated heterocycles. The number of rotatable bonds is 4. The van der Waals surface area contributed by atoms with Gasteiger partial charge in [-0.1, -0.05) is 28.1 Å². The monoisotopic (exact) mass is 403 g/mol. The minimum atomic E-state index is -0.536. The Balaban J connectivity index is 2.12. The Morgan fingerprint density at radius 1 is 1.05 bits per heavy atom. The fraction of sp³-hybridized carbons (Fsp3) is 0.200. The SMILES string of the molecule is CN(Cc1cccc(Br)c1)Cc1c(F)ccc(Br)c1F. The van der Waals surface area contributed by atoms with Crippen LogP contribution in [0.2, 0.25) is 0 Å². The molecule has 0 aliphatic heterocycles. The van der Waals surface area contributed by atoms with Gasteiger partial charge in [-0.25, -0.2) is 8.78 Å². The van der Waals surface area contributed by atoms with Crippen molar-refractivity contribution in [2.24, 2.45) is 0 Å². The summed E-state index contributed by atoms with van der Waals surface area (Å²) < 4.78 is 28.9. The van der Waals surface area contributed by atoms with Crippen LogP contribution in [0.5, 0.6) is 0 Å². The lowest BCUT2D eigenvalue weighted by atomic mass is 10.1. The first-order valence-electron chi connectivity index (χ1n) is 6.02. The summed E-state index contributed by atoms with van der Waals surface area (Å²) in [6.45, 7) is 0.828. The third-order valence-electron chi connectivity index (χ3n) is 2.91. The molecule has 2 rings (SSSR count). The molecule has 0 radical (unpaired) electrons. The molecule has 1 nitrogen and oxygen atoms in total. The van der Waals surface area contributed by atoms with Crippen molar-refractivity contribution in [1.82, 2.24) is 4.90 Å². The van der Waals surface area contributed by atoms with E-state index in [-0.39, 0.29) is 16.6 Å². The molecule has 0 spiro atoms. The maximum atomic E-state index is 13.9. The first-order valence-corrected chi connectivity index (χ1v) is 7.61. The summed E-state index contributed by atoms with van der Waals surface area (Å²) in [6, 6.07) is 10.5. The summed E-state index contributed by atoms with van der Waals surface area (Å²) in [7, 11) is 1.83. The highest BCUT2D eigenvalue weighted by Crippen LogP contribution is 2.23. The molecule has 5 heteroatoms. The Morgan fingerprint density at radius 3 is 2.50 bits per heavy atom. The zero-order valence-electron chi connectivity index (χ0n) is 10.8. The van der Waals surface area contributed by atoms with E-state index in [4.69, 9.17) is 0 Å². The predicted octanol–water partition coefficient (Wildman–Crippen LogP) is 5.12. The molecule has 0 atom stereocenters. The largest absolute Gasteiger partial charge is 0.298 e. The van der Waals surface area contributed by atoms with Gasteiger partial charge in [-0.3, -0.25) is 4.90 Å². The first-order chi connectivity index (χ1) is 9.47. The van der Waals surface area contributed by atoms with E-state index in [0.29, 0.717) is 6.54 Å². The van der Waals surface area contributed by atoms with Gasteiger partial charge in [0.15, 0.2) is 0 Å². The van der Waals surface area contributed by atoms with Crippen molar-refractivity contribution >= 4 is 31.9 Å². The molecule has 0 amide bonds. The third kappa shape index (κ3) is 3.87. The zero-order chi connectivity index (χ0) is 14.7. The summed E-state index contributed by atoms with van der Waals surface area (Å²) in [6.07, 6.45) is 0. The molecule has 0 fully saturated rings. The van der Waals surface area contributed by atoms with Crippen molar-refractivity contribution in [3.8, 4) is 0 Å². The molecule has 2 aromatic carbocycles. The first kappa shape index (κ1) is 15.6. The highest BCUT2D eigenvalue weighted by Gasteiger charge is 2.14. The van der Waals surface area contributed by atoms with E-state index < -0.39 is 11.6 Å². The fourth-order valence-corrected chi connectivity index (χ4v) is 2.80. The molecular weight excluding hydrogens is 392 g/mol. The van der Waals surface area contributed by atoms with Crippen molar-refractivity contribution in [2.75, 3.05) is 7.05 Å². The molecule has 0 saturated carbocycles. The Hall–Kier alpha value is -0.780. The van der Waals surface area contributed by atoms with E-state index >= 15 is 0 Å². The number of benzene rings is 2. The Morgan fingerprint density at radius 2 is 1.80 bits per heavy atom. The molecule has 0 aliphatic carbocycles. The van der Waals surface area contributed by atoms with Crippen molar-refractivity contribution < 1.29 is 8.78 Å². The van der Waals surface area contributed by atoms with Gasteiger partial charge in [-0.15, -0.1) is 0 Å². The molecule has 0 heterocycles. The average Bonchev–Trinajstić information content (AvgIpc) is 2.39. The van der Waals surface area contributed by atoms with Crippen LogP contribution in [0.15, 0.2) is 45.3 Å². The van der Waals surface area contributed by atoms with Crippen LogP contribution in [0.3, 0.4) is 0 Å². The van der Waals surface area contributed by atoms with Crippen molar-refractivity contribution in [3.05, 3.63) is 68.1 Å². The number of hydrogen-bond donors (Lipinski definition) is 0. The lowest BCUT2D eigenvalue weighted by Gasteiger charge is -2.18. The molecule has 2 aromatic rings. The molecule has 20 heavy (non-hydrogen) atoms. The topological polar surface area (TPSA) is 3.24 Å². The van der Waals surface area contributed by atoms with Crippen LogP contribution >= 0.6 is 31.9 Å². The predicted molar refractivity (Wildman–Crippen MR) is 83.4 cm³/mol. The van der Waals surface area contributed by atoms with E-state index in [1.54, 1.807) is 0 Å². The molecular formula is C15H13Br2F2N. The van der Waals surface area contributed by atoms with Crippen molar-refractivity contribution in [2.45, 2.75) is 13.1 Å². The van der Waals surface area contributed by atoms with Gasteiger partial charge in [0.05, 0.1) is 4.47 Å². The molecule has 0 aliphatic rings. The summed E-state index contributed by atoms with van der Waals surface area (Å²) >= 11 is 6.49. The lowest BCUT2D eigenvalue weighted by Crippen LogP contribution is -2.19. The van der Waals surface area contributed by atoms with E-state index in [1.807, 2.05) is 36.2 Å². The van der Waals surface area contributed by atoms with Crippen LogP contribution in [0, 0.1) is 11.6 Å². The minimum absolute atomic E-state index is 0.0804. The van der Waals surface area contributed by atoms with Gasteiger partial charge >= 0.3 is 0 Å². The molecule has 0 N–H and O–H groups in total. The highest BCUT2D eigenvalue weighted by molar-refractivity contribution is 9.10. The maximum absolute atomic E-state index is 13.9. The van der Waals surface area contributed by atoms with Crippen LogP contribution < -0.4 is 0 Å². The lowest BCUT2D eigenvalue weighted by molar-refractivity contribution is 0.307. The standard InChI is InChI=1S/C15H13Br2F2N/c1-20(8-10-3-2-4-11(16)7-10)9-12-14(18)6-5-13(17)15(12)19/h2-7H,8-9H2,1H3. The molecule has 0 aromatic heterocycles. The van der Waals surface area contributed by atoms with Crippen LogP contribution in [0.25, 0.3) is 0 Å². The van der Waals surface area contributed by atoms with E-state index in [0.717, 1.165) is 10.0 Å². The van der Waals surface area contributed by atoms with Crippen molar-refractivity contribution in [3.63, 3.8) is 0 Å².